The highest BCUT2D eigenvalue weighted by Gasteiger charge is 2.21. The molecule has 1 N–H and O–H groups in total. The molecule has 0 heterocycles. The third kappa shape index (κ3) is 5.22. The van der Waals surface area contributed by atoms with E-state index >= 15 is 0 Å². The smallest absolute Gasteiger partial charge is 0.0738 e. The highest BCUT2D eigenvalue weighted by Crippen LogP contribution is 2.22. The Bertz CT molecular complexity index is 225. The van der Waals surface area contributed by atoms with Gasteiger partial charge < -0.3 is 10.1 Å². The van der Waals surface area contributed by atoms with E-state index in [1.807, 2.05) is 0 Å². The van der Waals surface area contributed by atoms with E-state index in [-0.39, 0.29) is 6.10 Å². The SMILES string of the molecule is CCCNC(C1=CCCCCC1)C(C)OCC. The fourth-order valence-corrected chi connectivity index (χ4v) is 2.58. The van der Waals surface area contributed by atoms with Crippen LogP contribution in [-0.4, -0.2) is 25.3 Å². The Morgan fingerprint density at radius 1 is 1.29 bits per heavy atom. The third-order valence-corrected chi connectivity index (χ3v) is 3.49. The van der Waals surface area contributed by atoms with Crippen LogP contribution in [-0.2, 0) is 4.74 Å². The van der Waals surface area contributed by atoms with Gasteiger partial charge in [0, 0.05) is 6.61 Å². The van der Waals surface area contributed by atoms with Crippen molar-refractivity contribution in [2.75, 3.05) is 13.2 Å². The molecule has 0 aromatic carbocycles. The Balaban J connectivity index is 2.62. The molecule has 0 bridgehead atoms. The minimum atomic E-state index is 0.288. The molecule has 0 aromatic rings. The summed E-state index contributed by atoms with van der Waals surface area (Å²) < 4.78 is 5.79. The van der Waals surface area contributed by atoms with E-state index in [4.69, 9.17) is 4.74 Å². The molecule has 0 aromatic heterocycles. The lowest BCUT2D eigenvalue weighted by Gasteiger charge is -2.27. The summed E-state index contributed by atoms with van der Waals surface area (Å²) in [6, 6.07) is 0.424. The zero-order valence-electron chi connectivity index (χ0n) is 11.8. The van der Waals surface area contributed by atoms with Crippen molar-refractivity contribution in [1.29, 1.82) is 0 Å². The number of nitrogens with one attached hydrogen (secondary N) is 1. The molecular weight excluding hydrogens is 210 g/mol. The summed E-state index contributed by atoms with van der Waals surface area (Å²) in [6.07, 6.45) is 10.5. The van der Waals surface area contributed by atoms with E-state index in [2.05, 4.69) is 32.2 Å². The molecule has 2 heteroatoms. The van der Waals surface area contributed by atoms with Gasteiger partial charge in [-0.25, -0.2) is 0 Å². The maximum Gasteiger partial charge on any atom is 0.0738 e. The topological polar surface area (TPSA) is 21.3 Å². The molecule has 2 nitrogen and oxygen atoms in total. The number of hydrogen-bond donors (Lipinski definition) is 1. The highest BCUT2D eigenvalue weighted by atomic mass is 16.5. The average Bonchev–Trinajstić information content (AvgIpc) is 2.59. The first-order valence-corrected chi connectivity index (χ1v) is 7.33. The van der Waals surface area contributed by atoms with E-state index in [0.717, 1.165) is 13.2 Å². The van der Waals surface area contributed by atoms with Crippen LogP contribution in [0.25, 0.3) is 0 Å². The van der Waals surface area contributed by atoms with Crippen LogP contribution in [0.2, 0.25) is 0 Å². The maximum atomic E-state index is 5.79. The van der Waals surface area contributed by atoms with Crippen LogP contribution in [0, 0.1) is 0 Å². The molecule has 0 saturated carbocycles. The molecule has 0 radical (unpaired) electrons. The first kappa shape index (κ1) is 14.7. The molecule has 100 valence electrons. The normalized spacial score (nSPS) is 20.5. The molecule has 0 saturated heterocycles. The Labute approximate surface area is 107 Å². The van der Waals surface area contributed by atoms with Crippen LogP contribution < -0.4 is 5.32 Å². The van der Waals surface area contributed by atoms with Gasteiger partial charge in [-0.05, 0) is 52.5 Å². The molecule has 2 unspecified atom stereocenters. The Hall–Kier alpha value is -0.340. The van der Waals surface area contributed by atoms with Gasteiger partial charge in [-0.1, -0.05) is 25.0 Å². The average molecular weight is 239 g/mol. The summed E-state index contributed by atoms with van der Waals surface area (Å²) >= 11 is 0. The van der Waals surface area contributed by atoms with Crippen LogP contribution in [0.15, 0.2) is 11.6 Å². The second-order valence-electron chi connectivity index (χ2n) is 4.97. The number of ether oxygens (including phenoxy) is 1. The van der Waals surface area contributed by atoms with Gasteiger partial charge in [0.1, 0.15) is 0 Å². The molecular formula is C15H29NO. The van der Waals surface area contributed by atoms with E-state index in [1.165, 1.54) is 38.5 Å². The summed E-state index contributed by atoms with van der Waals surface area (Å²) in [4.78, 5) is 0. The zero-order chi connectivity index (χ0) is 12.5. The highest BCUT2D eigenvalue weighted by molar-refractivity contribution is 5.14. The molecule has 0 fully saturated rings. The maximum absolute atomic E-state index is 5.79. The van der Waals surface area contributed by atoms with Crippen LogP contribution in [0.1, 0.15) is 59.3 Å². The predicted octanol–water partition coefficient (Wildman–Crippen LogP) is 3.67. The summed E-state index contributed by atoms with van der Waals surface area (Å²) in [5.74, 6) is 0. The summed E-state index contributed by atoms with van der Waals surface area (Å²) in [5.41, 5.74) is 1.58. The molecule has 0 amide bonds. The summed E-state index contributed by atoms with van der Waals surface area (Å²) in [5, 5.41) is 3.66. The quantitative estimate of drug-likeness (QED) is 0.684. The fraction of sp³-hybridized carbons (Fsp3) is 0.867. The van der Waals surface area contributed by atoms with Crippen molar-refractivity contribution in [2.45, 2.75) is 71.4 Å². The van der Waals surface area contributed by atoms with Crippen LogP contribution in [0.4, 0.5) is 0 Å². The molecule has 0 aliphatic heterocycles. The Kier molecular flexibility index (Phi) is 7.54. The van der Waals surface area contributed by atoms with Gasteiger partial charge in [0.15, 0.2) is 0 Å². The van der Waals surface area contributed by atoms with E-state index < -0.39 is 0 Å². The zero-order valence-corrected chi connectivity index (χ0v) is 11.8. The number of allylic oxidation sites excluding steroid dienone is 1. The van der Waals surface area contributed by atoms with Crippen molar-refractivity contribution in [2.24, 2.45) is 0 Å². The van der Waals surface area contributed by atoms with Gasteiger partial charge in [-0.3, -0.25) is 0 Å². The number of hydrogen-bond acceptors (Lipinski definition) is 2. The van der Waals surface area contributed by atoms with Gasteiger partial charge in [0.25, 0.3) is 0 Å². The van der Waals surface area contributed by atoms with Gasteiger partial charge >= 0.3 is 0 Å². The largest absolute Gasteiger partial charge is 0.377 e. The number of rotatable bonds is 7. The molecule has 1 aliphatic rings. The second-order valence-corrected chi connectivity index (χ2v) is 4.97. The van der Waals surface area contributed by atoms with Crippen LogP contribution >= 0.6 is 0 Å². The fourth-order valence-electron chi connectivity index (χ4n) is 2.58. The van der Waals surface area contributed by atoms with Gasteiger partial charge in [0.2, 0.25) is 0 Å². The van der Waals surface area contributed by atoms with Crippen LogP contribution in [0.3, 0.4) is 0 Å². The Morgan fingerprint density at radius 3 is 2.82 bits per heavy atom. The van der Waals surface area contributed by atoms with E-state index in [0.29, 0.717) is 6.04 Å². The standard InChI is InChI=1S/C15H29NO/c1-4-12-16-15(13(3)17-5-2)14-10-8-6-7-9-11-14/h10,13,15-16H,4-9,11-12H2,1-3H3. The third-order valence-electron chi connectivity index (χ3n) is 3.49. The first-order valence-electron chi connectivity index (χ1n) is 7.33. The minimum Gasteiger partial charge on any atom is -0.377 e. The summed E-state index contributed by atoms with van der Waals surface area (Å²) in [7, 11) is 0. The lowest BCUT2D eigenvalue weighted by molar-refractivity contribution is 0.0557. The van der Waals surface area contributed by atoms with Crippen molar-refractivity contribution in [3.8, 4) is 0 Å². The lowest BCUT2D eigenvalue weighted by atomic mass is 9.97. The van der Waals surface area contributed by atoms with Crippen molar-refractivity contribution in [1.82, 2.24) is 5.32 Å². The lowest BCUT2D eigenvalue weighted by Crippen LogP contribution is -2.41. The minimum absolute atomic E-state index is 0.288. The summed E-state index contributed by atoms with van der Waals surface area (Å²) in [6.45, 7) is 8.38. The van der Waals surface area contributed by atoms with Gasteiger partial charge in [-0.15, -0.1) is 0 Å². The molecule has 1 rings (SSSR count). The van der Waals surface area contributed by atoms with Crippen molar-refractivity contribution >= 4 is 0 Å². The van der Waals surface area contributed by atoms with Crippen LogP contribution in [0.5, 0.6) is 0 Å². The molecule has 0 spiro atoms. The first-order chi connectivity index (χ1) is 8.29. The molecule has 17 heavy (non-hydrogen) atoms. The van der Waals surface area contributed by atoms with Gasteiger partial charge in [-0.2, -0.15) is 0 Å². The molecule has 1 aliphatic carbocycles. The van der Waals surface area contributed by atoms with Crippen molar-refractivity contribution < 1.29 is 4.74 Å². The molecule has 2 atom stereocenters. The van der Waals surface area contributed by atoms with E-state index in [9.17, 15) is 0 Å². The van der Waals surface area contributed by atoms with E-state index in [1.54, 1.807) is 5.57 Å². The predicted molar refractivity (Wildman–Crippen MR) is 74.3 cm³/mol. The Morgan fingerprint density at radius 2 is 2.12 bits per heavy atom. The van der Waals surface area contributed by atoms with Crippen molar-refractivity contribution in [3.05, 3.63) is 11.6 Å². The second kappa shape index (κ2) is 8.71. The monoisotopic (exact) mass is 239 g/mol. The van der Waals surface area contributed by atoms with Gasteiger partial charge in [0.05, 0.1) is 12.1 Å². The van der Waals surface area contributed by atoms with Crippen molar-refractivity contribution in [3.63, 3.8) is 0 Å².